The fourth-order valence-corrected chi connectivity index (χ4v) is 0.923. The Bertz CT molecular complexity index is 102. The molecule has 0 aromatic rings. The van der Waals surface area contributed by atoms with Crippen molar-refractivity contribution in [3.8, 4) is 0 Å². The summed E-state index contributed by atoms with van der Waals surface area (Å²) < 4.78 is 4.97. The topological polar surface area (TPSA) is 21.3 Å². The molecule has 0 aromatic carbocycles. The molecule has 0 rings (SSSR count). The molecule has 0 radical (unpaired) electrons. The molecule has 0 saturated carbocycles. The van der Waals surface area contributed by atoms with Crippen molar-refractivity contribution in [2.24, 2.45) is 0 Å². The summed E-state index contributed by atoms with van der Waals surface area (Å²) in [6.07, 6.45) is 3.54. The Morgan fingerprint density at radius 1 is 1.25 bits per heavy atom. The molecule has 0 heterocycles. The molecule has 2 heteroatoms. The van der Waals surface area contributed by atoms with Crippen molar-refractivity contribution < 1.29 is 4.74 Å². The number of methoxy groups -OCH3 is 1. The molecule has 1 N–H and O–H groups in total. The molecular weight excluding hydrogens is 150 g/mol. The Morgan fingerprint density at radius 3 is 2.42 bits per heavy atom. The molecule has 74 valence electrons. The van der Waals surface area contributed by atoms with Crippen molar-refractivity contribution in [3.63, 3.8) is 0 Å². The predicted octanol–water partition coefficient (Wildman–Crippen LogP) is 2.19. The summed E-state index contributed by atoms with van der Waals surface area (Å²) in [5, 5.41) is 3.51. The summed E-state index contributed by atoms with van der Waals surface area (Å²) in [6, 6.07) is 0. The Morgan fingerprint density at radius 2 is 1.92 bits per heavy atom. The van der Waals surface area contributed by atoms with Gasteiger partial charge in [-0.05, 0) is 39.7 Å². The van der Waals surface area contributed by atoms with Crippen molar-refractivity contribution in [1.29, 1.82) is 0 Å². The van der Waals surface area contributed by atoms with Gasteiger partial charge in [0, 0.05) is 19.3 Å². The van der Waals surface area contributed by atoms with Gasteiger partial charge in [-0.25, -0.2) is 0 Å². The van der Waals surface area contributed by atoms with Crippen LogP contribution >= 0.6 is 0 Å². The van der Waals surface area contributed by atoms with Gasteiger partial charge in [-0.15, -0.1) is 0 Å². The van der Waals surface area contributed by atoms with Gasteiger partial charge in [0.05, 0.1) is 0 Å². The molecule has 2 nitrogen and oxygen atoms in total. The molecule has 0 aliphatic rings. The first-order valence-electron chi connectivity index (χ1n) is 4.86. The van der Waals surface area contributed by atoms with E-state index in [-0.39, 0.29) is 0 Å². The van der Waals surface area contributed by atoms with Crippen LogP contribution in [-0.4, -0.2) is 25.8 Å². The predicted molar refractivity (Wildman–Crippen MR) is 53.5 cm³/mol. The van der Waals surface area contributed by atoms with E-state index in [4.69, 9.17) is 4.74 Å². The highest BCUT2D eigenvalue weighted by atomic mass is 16.5. The third kappa shape index (κ3) is 6.62. The monoisotopic (exact) mass is 173 g/mol. The quantitative estimate of drug-likeness (QED) is 0.596. The SMILES string of the molecule is CCC(C)(C)NCCCCOC. The van der Waals surface area contributed by atoms with Gasteiger partial charge in [-0.2, -0.15) is 0 Å². The van der Waals surface area contributed by atoms with Gasteiger partial charge in [0.25, 0.3) is 0 Å². The van der Waals surface area contributed by atoms with E-state index in [0.29, 0.717) is 5.54 Å². The fraction of sp³-hybridized carbons (Fsp3) is 1.00. The van der Waals surface area contributed by atoms with Gasteiger partial charge in [0.2, 0.25) is 0 Å². The summed E-state index contributed by atoms with van der Waals surface area (Å²) in [5.74, 6) is 0. The van der Waals surface area contributed by atoms with Gasteiger partial charge in [0.15, 0.2) is 0 Å². The second-order valence-electron chi connectivity index (χ2n) is 3.86. The van der Waals surface area contributed by atoms with Gasteiger partial charge in [0.1, 0.15) is 0 Å². The molecule has 12 heavy (non-hydrogen) atoms. The third-order valence-corrected chi connectivity index (χ3v) is 2.26. The maximum atomic E-state index is 4.97. The van der Waals surface area contributed by atoms with Crippen molar-refractivity contribution in [2.75, 3.05) is 20.3 Å². The average molecular weight is 173 g/mol. The fourth-order valence-electron chi connectivity index (χ4n) is 0.923. The van der Waals surface area contributed by atoms with E-state index in [0.717, 1.165) is 19.6 Å². The minimum atomic E-state index is 0.299. The molecule has 0 fully saturated rings. The Kier molecular flexibility index (Phi) is 6.39. The highest BCUT2D eigenvalue weighted by Crippen LogP contribution is 2.06. The smallest absolute Gasteiger partial charge is 0.0462 e. The zero-order valence-corrected chi connectivity index (χ0v) is 8.94. The number of hydrogen-bond donors (Lipinski definition) is 1. The van der Waals surface area contributed by atoms with E-state index in [1.165, 1.54) is 12.8 Å². The lowest BCUT2D eigenvalue weighted by Crippen LogP contribution is -2.39. The largest absolute Gasteiger partial charge is 0.385 e. The summed E-state index contributed by atoms with van der Waals surface area (Å²) in [5.41, 5.74) is 0.299. The second-order valence-corrected chi connectivity index (χ2v) is 3.86. The summed E-state index contributed by atoms with van der Waals surface area (Å²) in [7, 11) is 1.75. The standard InChI is InChI=1S/C10H23NO/c1-5-10(2,3)11-8-6-7-9-12-4/h11H,5-9H2,1-4H3. The van der Waals surface area contributed by atoms with E-state index >= 15 is 0 Å². The molecule has 0 aromatic heterocycles. The highest BCUT2D eigenvalue weighted by Gasteiger charge is 2.12. The molecule has 0 aliphatic carbocycles. The minimum Gasteiger partial charge on any atom is -0.385 e. The van der Waals surface area contributed by atoms with Crippen LogP contribution < -0.4 is 5.32 Å². The van der Waals surface area contributed by atoms with E-state index in [1.807, 2.05) is 0 Å². The lowest BCUT2D eigenvalue weighted by molar-refractivity contribution is 0.191. The number of nitrogens with one attached hydrogen (secondary N) is 1. The number of ether oxygens (including phenoxy) is 1. The van der Waals surface area contributed by atoms with Crippen LogP contribution in [0.1, 0.15) is 40.0 Å². The van der Waals surface area contributed by atoms with Crippen LogP contribution in [0, 0.1) is 0 Å². The first-order valence-corrected chi connectivity index (χ1v) is 4.86. The van der Waals surface area contributed by atoms with Crippen LogP contribution in [0.5, 0.6) is 0 Å². The zero-order chi connectivity index (χ0) is 9.45. The Hall–Kier alpha value is -0.0800. The van der Waals surface area contributed by atoms with E-state index in [2.05, 4.69) is 26.1 Å². The normalized spacial score (nSPS) is 12.0. The van der Waals surface area contributed by atoms with Gasteiger partial charge in [-0.1, -0.05) is 6.92 Å². The number of rotatable bonds is 7. The maximum Gasteiger partial charge on any atom is 0.0462 e. The van der Waals surface area contributed by atoms with Gasteiger partial charge in [-0.3, -0.25) is 0 Å². The molecule has 0 saturated heterocycles. The van der Waals surface area contributed by atoms with Crippen LogP contribution in [0.25, 0.3) is 0 Å². The van der Waals surface area contributed by atoms with Gasteiger partial charge < -0.3 is 10.1 Å². The molecule has 0 bridgehead atoms. The minimum absolute atomic E-state index is 0.299. The lowest BCUT2D eigenvalue weighted by atomic mass is 10.0. The summed E-state index contributed by atoms with van der Waals surface area (Å²) in [4.78, 5) is 0. The van der Waals surface area contributed by atoms with Crippen molar-refractivity contribution >= 4 is 0 Å². The summed E-state index contributed by atoms with van der Waals surface area (Å²) >= 11 is 0. The van der Waals surface area contributed by atoms with Crippen molar-refractivity contribution in [1.82, 2.24) is 5.32 Å². The molecule has 0 aliphatic heterocycles. The van der Waals surface area contributed by atoms with Crippen LogP contribution in [0.15, 0.2) is 0 Å². The molecular formula is C10H23NO. The second kappa shape index (κ2) is 6.44. The number of hydrogen-bond acceptors (Lipinski definition) is 2. The van der Waals surface area contributed by atoms with Crippen LogP contribution in [0.2, 0.25) is 0 Å². The highest BCUT2D eigenvalue weighted by molar-refractivity contribution is 4.74. The van der Waals surface area contributed by atoms with Crippen molar-refractivity contribution in [3.05, 3.63) is 0 Å². The molecule has 0 spiro atoms. The third-order valence-electron chi connectivity index (χ3n) is 2.26. The van der Waals surface area contributed by atoms with Crippen LogP contribution in [-0.2, 0) is 4.74 Å². The first-order chi connectivity index (χ1) is 5.62. The van der Waals surface area contributed by atoms with E-state index in [9.17, 15) is 0 Å². The van der Waals surface area contributed by atoms with Crippen LogP contribution in [0.3, 0.4) is 0 Å². The zero-order valence-electron chi connectivity index (χ0n) is 8.94. The molecule has 0 unspecified atom stereocenters. The van der Waals surface area contributed by atoms with Crippen molar-refractivity contribution in [2.45, 2.75) is 45.6 Å². The first kappa shape index (κ1) is 11.9. The number of unbranched alkanes of at least 4 members (excludes halogenated alkanes) is 1. The van der Waals surface area contributed by atoms with Crippen LogP contribution in [0.4, 0.5) is 0 Å². The maximum absolute atomic E-state index is 4.97. The Labute approximate surface area is 76.7 Å². The molecule has 0 amide bonds. The van der Waals surface area contributed by atoms with E-state index < -0.39 is 0 Å². The van der Waals surface area contributed by atoms with Gasteiger partial charge >= 0.3 is 0 Å². The lowest BCUT2D eigenvalue weighted by Gasteiger charge is -2.24. The average Bonchev–Trinajstić information content (AvgIpc) is 2.04. The Balaban J connectivity index is 3.19. The molecule has 0 atom stereocenters. The van der Waals surface area contributed by atoms with E-state index in [1.54, 1.807) is 7.11 Å². The summed E-state index contributed by atoms with van der Waals surface area (Å²) in [6.45, 7) is 8.67.